The minimum absolute atomic E-state index is 0.790. The largest absolute Gasteiger partial charge is 0.357 e. The van der Waals surface area contributed by atoms with E-state index < -0.39 is 0 Å². The van der Waals surface area contributed by atoms with Crippen molar-refractivity contribution in [2.75, 3.05) is 29.4 Å². The molecule has 4 rings (SSSR count). The lowest BCUT2D eigenvalue weighted by Crippen LogP contribution is -2.25. The van der Waals surface area contributed by atoms with E-state index in [2.05, 4.69) is 78.2 Å². The molecule has 26 heavy (non-hydrogen) atoms. The number of hydrogen-bond acceptors (Lipinski definition) is 4. The summed E-state index contributed by atoms with van der Waals surface area (Å²) in [6.07, 6.45) is 1.04. The van der Waals surface area contributed by atoms with E-state index in [1.165, 1.54) is 11.3 Å². The van der Waals surface area contributed by atoms with Crippen LogP contribution >= 0.6 is 0 Å². The Morgan fingerprint density at radius 1 is 0.923 bits per heavy atom. The van der Waals surface area contributed by atoms with Gasteiger partial charge in [0.1, 0.15) is 5.82 Å². The Kier molecular flexibility index (Phi) is 4.57. The summed E-state index contributed by atoms with van der Waals surface area (Å²) in [5.41, 5.74) is 4.69. The van der Waals surface area contributed by atoms with E-state index in [0.717, 1.165) is 49.1 Å². The van der Waals surface area contributed by atoms with Crippen LogP contribution in [-0.4, -0.2) is 29.6 Å². The molecule has 4 nitrogen and oxygen atoms in total. The third-order valence-corrected chi connectivity index (χ3v) is 4.99. The van der Waals surface area contributed by atoms with Gasteiger partial charge in [0.25, 0.3) is 0 Å². The molecule has 0 aliphatic carbocycles. The van der Waals surface area contributed by atoms with Crippen LogP contribution in [-0.2, 0) is 6.42 Å². The molecule has 0 bridgehead atoms. The molecule has 0 saturated carbocycles. The second-order valence-electron chi connectivity index (χ2n) is 6.48. The molecular weight excluding hydrogens is 320 g/mol. The highest BCUT2D eigenvalue weighted by Gasteiger charge is 2.23. The van der Waals surface area contributed by atoms with Crippen LogP contribution in [0.15, 0.2) is 60.7 Å². The summed E-state index contributed by atoms with van der Waals surface area (Å²) in [5.74, 6) is 1.78. The normalized spacial score (nSPS) is 12.9. The first-order valence-corrected chi connectivity index (χ1v) is 9.35. The van der Waals surface area contributed by atoms with Gasteiger partial charge < -0.3 is 9.80 Å². The molecular formula is C22H24N4. The number of anilines is 3. The smallest absolute Gasteiger partial charge is 0.232 e. The van der Waals surface area contributed by atoms with Crippen molar-refractivity contribution in [2.45, 2.75) is 20.3 Å². The first kappa shape index (κ1) is 16.6. The summed E-state index contributed by atoms with van der Waals surface area (Å²) in [6.45, 7) is 7.11. The molecule has 0 N–H and O–H groups in total. The van der Waals surface area contributed by atoms with E-state index in [9.17, 15) is 0 Å². The number of nitrogens with zero attached hydrogens (tertiary/aromatic N) is 4. The van der Waals surface area contributed by atoms with Crippen molar-refractivity contribution >= 4 is 17.5 Å². The predicted octanol–water partition coefficient (Wildman–Crippen LogP) is 4.68. The molecule has 1 aliphatic rings. The van der Waals surface area contributed by atoms with E-state index in [0.29, 0.717) is 0 Å². The van der Waals surface area contributed by atoms with Crippen LogP contribution in [0.4, 0.5) is 17.5 Å². The van der Waals surface area contributed by atoms with Gasteiger partial charge in [-0.2, -0.15) is 4.98 Å². The zero-order valence-corrected chi connectivity index (χ0v) is 15.4. The zero-order chi connectivity index (χ0) is 17.9. The van der Waals surface area contributed by atoms with Gasteiger partial charge >= 0.3 is 0 Å². The summed E-state index contributed by atoms with van der Waals surface area (Å²) >= 11 is 0. The average molecular weight is 344 g/mol. The van der Waals surface area contributed by atoms with Crippen molar-refractivity contribution in [3.05, 3.63) is 66.2 Å². The number of benzene rings is 2. The van der Waals surface area contributed by atoms with Gasteiger partial charge in [-0.3, -0.25) is 0 Å². The minimum atomic E-state index is 0.790. The van der Waals surface area contributed by atoms with Gasteiger partial charge in [0.15, 0.2) is 0 Å². The van der Waals surface area contributed by atoms with E-state index in [-0.39, 0.29) is 0 Å². The third-order valence-electron chi connectivity index (χ3n) is 4.99. The van der Waals surface area contributed by atoms with Gasteiger partial charge in [-0.25, -0.2) is 4.98 Å². The molecule has 2 heterocycles. The summed E-state index contributed by atoms with van der Waals surface area (Å²) in [6, 6.07) is 21.0. The van der Waals surface area contributed by atoms with Crippen LogP contribution in [0, 0.1) is 0 Å². The Hall–Kier alpha value is -2.88. The lowest BCUT2D eigenvalue weighted by atomic mass is 10.1. The first-order valence-electron chi connectivity index (χ1n) is 9.35. The first-order chi connectivity index (χ1) is 12.8. The van der Waals surface area contributed by atoms with Crippen LogP contribution in [0.3, 0.4) is 0 Å². The molecule has 0 atom stereocenters. The number of para-hydroxylation sites is 1. The second kappa shape index (κ2) is 7.16. The van der Waals surface area contributed by atoms with Gasteiger partial charge in [0.2, 0.25) is 5.95 Å². The molecule has 0 amide bonds. The molecule has 3 aromatic rings. The Morgan fingerprint density at radius 2 is 1.65 bits per heavy atom. The lowest BCUT2D eigenvalue weighted by Gasteiger charge is -2.24. The number of fused-ring (bicyclic) bond motifs is 1. The highest BCUT2D eigenvalue weighted by molar-refractivity contribution is 5.70. The van der Waals surface area contributed by atoms with Gasteiger partial charge in [0, 0.05) is 37.0 Å². The third kappa shape index (κ3) is 3.03. The van der Waals surface area contributed by atoms with Crippen molar-refractivity contribution in [1.29, 1.82) is 0 Å². The van der Waals surface area contributed by atoms with Crippen LogP contribution < -0.4 is 9.80 Å². The summed E-state index contributed by atoms with van der Waals surface area (Å²) in [7, 11) is 0. The van der Waals surface area contributed by atoms with E-state index in [1.807, 2.05) is 6.07 Å². The van der Waals surface area contributed by atoms with Crippen molar-refractivity contribution < 1.29 is 0 Å². The van der Waals surface area contributed by atoms with Gasteiger partial charge in [-0.1, -0.05) is 48.5 Å². The lowest BCUT2D eigenvalue weighted by molar-refractivity contribution is 0.835. The Labute approximate surface area is 155 Å². The molecule has 0 saturated heterocycles. The molecule has 0 fully saturated rings. The maximum Gasteiger partial charge on any atom is 0.232 e. The summed E-state index contributed by atoms with van der Waals surface area (Å²) < 4.78 is 0. The summed E-state index contributed by atoms with van der Waals surface area (Å²) in [5, 5.41) is 0. The van der Waals surface area contributed by atoms with Gasteiger partial charge in [-0.15, -0.1) is 0 Å². The van der Waals surface area contributed by atoms with E-state index in [1.54, 1.807) is 0 Å². The Morgan fingerprint density at radius 3 is 2.42 bits per heavy atom. The predicted molar refractivity (Wildman–Crippen MR) is 108 cm³/mol. The highest BCUT2D eigenvalue weighted by atomic mass is 15.3. The topological polar surface area (TPSA) is 32.3 Å². The monoisotopic (exact) mass is 344 g/mol. The van der Waals surface area contributed by atoms with Gasteiger partial charge in [-0.05, 0) is 31.9 Å². The van der Waals surface area contributed by atoms with Crippen molar-refractivity contribution in [1.82, 2.24) is 9.97 Å². The van der Waals surface area contributed by atoms with Crippen LogP contribution in [0.5, 0.6) is 0 Å². The molecule has 0 spiro atoms. The number of hydrogen-bond donors (Lipinski definition) is 0. The standard InChI is InChI=1S/C22H24N4/c1-3-25(4-2)21-16-19(17-10-6-5-7-11-17)23-22(24-21)26-15-14-18-12-8-9-13-20(18)26/h5-13,16H,3-4,14-15H2,1-2H3. The molecule has 2 aromatic carbocycles. The number of rotatable bonds is 5. The van der Waals surface area contributed by atoms with E-state index >= 15 is 0 Å². The molecule has 4 heteroatoms. The molecule has 1 aromatic heterocycles. The molecule has 0 unspecified atom stereocenters. The van der Waals surface area contributed by atoms with Crippen molar-refractivity contribution in [3.8, 4) is 11.3 Å². The SMILES string of the molecule is CCN(CC)c1cc(-c2ccccc2)nc(N2CCc3ccccc32)n1. The van der Waals surface area contributed by atoms with Crippen LogP contribution in [0.2, 0.25) is 0 Å². The van der Waals surface area contributed by atoms with E-state index in [4.69, 9.17) is 9.97 Å². The quantitative estimate of drug-likeness (QED) is 0.672. The highest BCUT2D eigenvalue weighted by Crippen LogP contribution is 2.34. The average Bonchev–Trinajstić information content (AvgIpc) is 3.14. The minimum Gasteiger partial charge on any atom is -0.357 e. The molecule has 1 aliphatic heterocycles. The molecule has 0 radical (unpaired) electrons. The van der Waals surface area contributed by atoms with Crippen LogP contribution in [0.25, 0.3) is 11.3 Å². The summed E-state index contributed by atoms with van der Waals surface area (Å²) in [4.78, 5) is 14.4. The number of aromatic nitrogens is 2. The fourth-order valence-corrected chi connectivity index (χ4v) is 3.56. The maximum absolute atomic E-state index is 4.92. The second-order valence-corrected chi connectivity index (χ2v) is 6.48. The fourth-order valence-electron chi connectivity index (χ4n) is 3.56. The van der Waals surface area contributed by atoms with Crippen LogP contribution in [0.1, 0.15) is 19.4 Å². The fraction of sp³-hybridized carbons (Fsp3) is 0.273. The van der Waals surface area contributed by atoms with Crippen molar-refractivity contribution in [3.63, 3.8) is 0 Å². The Bertz CT molecular complexity index is 888. The Balaban J connectivity index is 1.83. The zero-order valence-electron chi connectivity index (χ0n) is 15.4. The van der Waals surface area contributed by atoms with Crippen molar-refractivity contribution in [2.24, 2.45) is 0 Å². The molecule has 132 valence electrons. The maximum atomic E-state index is 4.92. The van der Waals surface area contributed by atoms with Gasteiger partial charge in [0.05, 0.1) is 5.69 Å².